The van der Waals surface area contributed by atoms with Gasteiger partial charge in [-0.3, -0.25) is 0 Å². The predicted molar refractivity (Wildman–Crippen MR) is 89.7 cm³/mol. The Balaban J connectivity index is 2.38. The van der Waals surface area contributed by atoms with Crippen LogP contribution in [0.15, 0.2) is 64.9 Å². The van der Waals surface area contributed by atoms with E-state index in [1.165, 1.54) is 25.5 Å². The summed E-state index contributed by atoms with van der Waals surface area (Å²) in [6, 6.07) is 9.81. The molecule has 0 aliphatic heterocycles. The van der Waals surface area contributed by atoms with E-state index in [1.54, 1.807) is 30.5 Å². The molecule has 0 saturated carbocycles. The van der Waals surface area contributed by atoms with Crippen LogP contribution in [-0.4, -0.2) is 37.1 Å². The van der Waals surface area contributed by atoms with E-state index in [-0.39, 0.29) is 4.90 Å². The maximum Gasteiger partial charge on any atom is 0.332 e. The van der Waals surface area contributed by atoms with E-state index in [1.807, 2.05) is 6.92 Å². The molecule has 0 atom stereocenters. The number of aromatic amines is 1. The normalized spacial score (nSPS) is 11.9. The summed E-state index contributed by atoms with van der Waals surface area (Å²) in [4.78, 5) is 14.2. The Hall–Kier alpha value is -2.87. The van der Waals surface area contributed by atoms with Gasteiger partial charge in [0.05, 0.1) is 23.9 Å². The highest BCUT2D eigenvalue weighted by Gasteiger charge is 2.21. The van der Waals surface area contributed by atoms with Crippen LogP contribution >= 0.6 is 0 Å². The number of benzene rings is 1. The zero-order valence-electron chi connectivity index (χ0n) is 13.2. The number of hydrogen-bond acceptors (Lipinski definition) is 5. The third-order valence-electron chi connectivity index (χ3n) is 3.04. The highest BCUT2D eigenvalue weighted by molar-refractivity contribution is 7.89. The number of aryl methyl sites for hydroxylation is 1. The molecule has 0 aliphatic carbocycles. The van der Waals surface area contributed by atoms with Crippen molar-refractivity contribution in [1.29, 1.82) is 0 Å². The van der Waals surface area contributed by atoms with Gasteiger partial charge in [-0.05, 0) is 31.2 Å². The Morgan fingerprint density at radius 1 is 1.25 bits per heavy atom. The van der Waals surface area contributed by atoms with Crippen LogP contribution in [-0.2, 0) is 19.6 Å². The van der Waals surface area contributed by atoms with E-state index < -0.39 is 16.0 Å². The summed E-state index contributed by atoms with van der Waals surface area (Å²) >= 11 is 0. The molecule has 8 heteroatoms. The maximum absolute atomic E-state index is 12.7. The van der Waals surface area contributed by atoms with Crippen molar-refractivity contribution in [3.63, 3.8) is 0 Å². The molecule has 0 spiro atoms. The fourth-order valence-electron chi connectivity index (χ4n) is 1.74. The summed E-state index contributed by atoms with van der Waals surface area (Å²) in [6.07, 6.45) is 5.05. The first-order valence-electron chi connectivity index (χ1n) is 6.98. The van der Waals surface area contributed by atoms with Crippen LogP contribution in [0.4, 0.5) is 0 Å². The van der Waals surface area contributed by atoms with Crippen molar-refractivity contribution >= 4 is 22.2 Å². The number of aromatic nitrogens is 1. The van der Waals surface area contributed by atoms with Gasteiger partial charge in [-0.15, -0.1) is 0 Å². The molecule has 7 nitrogen and oxygen atoms in total. The second kappa shape index (κ2) is 7.60. The Morgan fingerprint density at radius 2 is 1.96 bits per heavy atom. The molecule has 0 saturated heterocycles. The average molecular weight is 347 g/mol. The van der Waals surface area contributed by atoms with Gasteiger partial charge in [0, 0.05) is 18.5 Å². The summed E-state index contributed by atoms with van der Waals surface area (Å²) in [6.45, 7) is 1.86. The number of hydrazone groups is 1. The van der Waals surface area contributed by atoms with Crippen LogP contribution in [0, 0.1) is 6.92 Å². The molecule has 126 valence electrons. The Kier molecular flexibility index (Phi) is 5.54. The average Bonchev–Trinajstić information content (AvgIpc) is 3.08. The number of esters is 1. The lowest BCUT2D eigenvalue weighted by molar-refractivity contribution is -0.134. The van der Waals surface area contributed by atoms with Crippen LogP contribution in [0.25, 0.3) is 0 Å². The Bertz CT molecular complexity index is 838. The second-order valence-corrected chi connectivity index (χ2v) is 6.60. The summed E-state index contributed by atoms with van der Waals surface area (Å²) < 4.78 is 30.6. The number of ether oxygens (including phenoxy) is 1. The van der Waals surface area contributed by atoms with Crippen molar-refractivity contribution in [2.45, 2.75) is 11.8 Å². The predicted octanol–water partition coefficient (Wildman–Crippen LogP) is 2.03. The lowest BCUT2D eigenvalue weighted by Gasteiger charge is -2.14. The number of nitrogens with zero attached hydrogens (tertiary/aromatic N) is 2. The quantitative estimate of drug-likeness (QED) is 0.375. The van der Waals surface area contributed by atoms with Crippen molar-refractivity contribution in [2.75, 3.05) is 7.11 Å². The molecule has 1 heterocycles. The Morgan fingerprint density at radius 3 is 2.54 bits per heavy atom. The number of nitrogens with one attached hydrogen (secondary N) is 1. The molecule has 0 aliphatic rings. The van der Waals surface area contributed by atoms with Crippen LogP contribution < -0.4 is 0 Å². The zero-order chi connectivity index (χ0) is 17.6. The van der Waals surface area contributed by atoms with Crippen molar-refractivity contribution in [3.8, 4) is 0 Å². The number of methoxy groups -OCH3 is 1. The Labute approximate surface area is 140 Å². The minimum atomic E-state index is -3.95. The van der Waals surface area contributed by atoms with Gasteiger partial charge < -0.3 is 9.72 Å². The van der Waals surface area contributed by atoms with E-state index in [2.05, 4.69) is 14.8 Å². The number of sulfonamides is 1. The first kappa shape index (κ1) is 17.5. The summed E-state index contributed by atoms with van der Waals surface area (Å²) in [5.41, 5.74) is 1.55. The molecule has 0 fully saturated rings. The number of hydrogen-bond donors (Lipinski definition) is 1. The van der Waals surface area contributed by atoms with E-state index >= 15 is 0 Å². The lowest BCUT2D eigenvalue weighted by atomic mass is 10.2. The third-order valence-corrected chi connectivity index (χ3v) is 4.61. The van der Waals surface area contributed by atoms with Gasteiger partial charge in [-0.25, -0.2) is 4.79 Å². The monoisotopic (exact) mass is 347 g/mol. The van der Waals surface area contributed by atoms with Crippen LogP contribution in [0.5, 0.6) is 0 Å². The van der Waals surface area contributed by atoms with Gasteiger partial charge in [-0.2, -0.15) is 17.9 Å². The SMILES string of the molecule is COC(=O)/C=C\N(/N=C/c1ccc[nH]1)S(=O)(=O)c1ccc(C)cc1. The minimum Gasteiger partial charge on any atom is -0.466 e. The molecule has 0 radical (unpaired) electrons. The van der Waals surface area contributed by atoms with E-state index in [4.69, 9.17) is 0 Å². The maximum atomic E-state index is 12.7. The number of rotatable bonds is 6. The van der Waals surface area contributed by atoms with Gasteiger partial charge in [0.2, 0.25) is 0 Å². The molecule has 24 heavy (non-hydrogen) atoms. The first-order chi connectivity index (χ1) is 11.4. The first-order valence-corrected chi connectivity index (χ1v) is 8.42. The largest absolute Gasteiger partial charge is 0.466 e. The van der Waals surface area contributed by atoms with Gasteiger partial charge in [-0.1, -0.05) is 17.7 Å². The van der Waals surface area contributed by atoms with Crippen molar-refractivity contribution < 1.29 is 17.9 Å². The second-order valence-electron chi connectivity index (χ2n) is 4.80. The lowest BCUT2D eigenvalue weighted by Crippen LogP contribution is -2.21. The van der Waals surface area contributed by atoms with Crippen molar-refractivity contribution in [1.82, 2.24) is 9.40 Å². The topological polar surface area (TPSA) is 91.8 Å². The molecule has 1 aromatic heterocycles. The molecule has 0 bridgehead atoms. The summed E-state index contributed by atoms with van der Waals surface area (Å²) in [5, 5.41) is 3.94. The van der Waals surface area contributed by atoms with E-state index in [0.29, 0.717) is 5.69 Å². The number of H-pyrrole nitrogens is 1. The molecule has 0 amide bonds. The highest BCUT2D eigenvalue weighted by Crippen LogP contribution is 2.17. The molecule has 1 N–H and O–H groups in total. The van der Waals surface area contributed by atoms with Crippen LogP contribution in [0.2, 0.25) is 0 Å². The van der Waals surface area contributed by atoms with Gasteiger partial charge in [0.25, 0.3) is 10.0 Å². The van der Waals surface area contributed by atoms with Crippen LogP contribution in [0.3, 0.4) is 0 Å². The van der Waals surface area contributed by atoms with Gasteiger partial charge >= 0.3 is 5.97 Å². The fraction of sp³-hybridized carbons (Fsp3) is 0.125. The standard InChI is InChI=1S/C16H17N3O4S/c1-13-5-7-15(8-6-13)24(21,22)19(11-9-16(20)23-2)18-12-14-4-3-10-17-14/h3-12,17H,1-2H3/b11-9-,18-12+. The highest BCUT2D eigenvalue weighted by atomic mass is 32.2. The van der Waals surface area contributed by atoms with Gasteiger partial charge in [0.15, 0.2) is 0 Å². The summed E-state index contributed by atoms with van der Waals surface area (Å²) in [7, 11) is -2.75. The minimum absolute atomic E-state index is 0.0613. The van der Waals surface area contributed by atoms with Gasteiger partial charge in [0.1, 0.15) is 0 Å². The molecular weight excluding hydrogens is 330 g/mol. The molecule has 2 aromatic rings. The van der Waals surface area contributed by atoms with Crippen molar-refractivity contribution in [3.05, 3.63) is 66.1 Å². The molecule has 1 aromatic carbocycles. The molecule has 0 unspecified atom stereocenters. The van der Waals surface area contributed by atoms with Crippen molar-refractivity contribution in [2.24, 2.45) is 5.10 Å². The number of carbonyl (C=O) groups is 1. The van der Waals surface area contributed by atoms with E-state index in [9.17, 15) is 13.2 Å². The molecular formula is C16H17N3O4S. The smallest absolute Gasteiger partial charge is 0.332 e. The molecule has 2 rings (SSSR count). The van der Waals surface area contributed by atoms with E-state index in [0.717, 1.165) is 22.3 Å². The zero-order valence-corrected chi connectivity index (χ0v) is 14.0. The summed E-state index contributed by atoms with van der Waals surface area (Å²) in [5.74, 6) is -0.686. The third kappa shape index (κ3) is 4.32. The van der Waals surface area contributed by atoms with Crippen LogP contribution in [0.1, 0.15) is 11.3 Å². The number of carbonyl (C=O) groups excluding carboxylic acids is 1. The fourth-order valence-corrected chi connectivity index (χ4v) is 2.82.